The van der Waals surface area contributed by atoms with E-state index in [2.05, 4.69) is 15.8 Å². The molecule has 0 aliphatic carbocycles. The van der Waals surface area contributed by atoms with Gasteiger partial charge in [0.1, 0.15) is 6.39 Å². The Kier molecular flexibility index (Phi) is 8.14. The Balaban J connectivity index is 0. The van der Waals surface area contributed by atoms with Gasteiger partial charge in [-0.15, -0.1) is 0 Å². The third-order valence-electron chi connectivity index (χ3n) is 0.504. The van der Waals surface area contributed by atoms with Gasteiger partial charge >= 0.3 is 0 Å². The van der Waals surface area contributed by atoms with Crippen LogP contribution in [0.3, 0.4) is 0 Å². The van der Waals surface area contributed by atoms with Crippen LogP contribution in [0.4, 0.5) is 0 Å². The number of nitrogens with zero attached hydrogens (tertiary/aromatic N) is 1. The smallest absolute Gasteiger partial charge is 0.102 e. The molecule has 0 aromatic carbocycles. The molecule has 0 saturated heterocycles. The van der Waals surface area contributed by atoms with Gasteiger partial charge in [-0.25, -0.2) is 0 Å². The van der Waals surface area contributed by atoms with E-state index >= 15 is 0 Å². The topological polar surface area (TPSA) is 26.0 Å². The van der Waals surface area contributed by atoms with Crippen LogP contribution >= 0.6 is 0 Å². The largest absolute Gasteiger partial charge is 0.581 e. The first-order valence-corrected chi connectivity index (χ1v) is 1.68. The second-order valence-corrected chi connectivity index (χ2v) is 1.08. The molecule has 1 rings (SSSR count). The predicted molar refractivity (Wildman–Crippen MR) is 20.1 cm³/mol. The molecule has 0 unspecified atom stereocenters. The van der Waals surface area contributed by atoms with Crippen LogP contribution in [0, 0.1) is 13.3 Å². The van der Waals surface area contributed by atoms with Crippen molar-refractivity contribution >= 4 is 0 Å². The molecule has 0 atom stereocenters. The molecule has 0 aliphatic heterocycles. The van der Waals surface area contributed by atoms with Gasteiger partial charge in [0.2, 0.25) is 0 Å². The van der Waals surface area contributed by atoms with Crippen molar-refractivity contribution in [3.05, 3.63) is 18.4 Å². The van der Waals surface area contributed by atoms with Crippen LogP contribution in [-0.2, 0) is 42.1 Å². The maximum atomic E-state index is 4.48. The van der Waals surface area contributed by atoms with E-state index in [1.165, 1.54) is 0 Å². The average molecular weight is 450 g/mol. The first-order chi connectivity index (χ1) is 2.89. The summed E-state index contributed by atoms with van der Waals surface area (Å²) in [6.45, 7) is 1.85. The molecule has 0 N–H and O–H groups in total. The van der Waals surface area contributed by atoms with Gasteiger partial charge in [-0.2, -0.15) is 0 Å². The van der Waals surface area contributed by atoms with Gasteiger partial charge < -0.3 is 9.40 Å². The van der Waals surface area contributed by atoms with Gasteiger partial charge in [-0.1, -0.05) is 12.6 Å². The zero-order valence-corrected chi connectivity index (χ0v) is 10.1. The van der Waals surface area contributed by atoms with Crippen molar-refractivity contribution in [3.8, 4) is 0 Å². The van der Waals surface area contributed by atoms with Crippen LogP contribution < -0.4 is 0 Å². The average Bonchev–Trinajstić information content (AvgIpc) is 1.86. The second kappa shape index (κ2) is 5.72. The fourth-order valence-corrected chi connectivity index (χ4v) is 0.236. The summed E-state index contributed by atoms with van der Waals surface area (Å²) in [5, 5.41) is 0. The summed E-state index contributed by atoms with van der Waals surface area (Å²) in [6.07, 6.45) is 3.85. The number of rotatable bonds is 0. The Hall–Kier alpha value is 0.587. The molecule has 2 nitrogen and oxygen atoms in total. The second-order valence-electron chi connectivity index (χ2n) is 1.08. The molecule has 0 amide bonds. The van der Waals surface area contributed by atoms with Crippen LogP contribution in [0.5, 0.6) is 0 Å². The van der Waals surface area contributed by atoms with Crippen LogP contribution in [0.2, 0.25) is 0 Å². The number of aryl methyl sites for hydroxylation is 1. The van der Waals surface area contributed by atoms with Gasteiger partial charge in [0.15, 0.2) is 0 Å². The molecular weight excluding hydrogens is 446 g/mol. The molecule has 0 bridgehead atoms. The molecule has 1 heterocycles. The minimum absolute atomic E-state index is 0. The van der Waals surface area contributed by atoms with Crippen molar-refractivity contribution in [1.82, 2.24) is 4.98 Å². The summed E-state index contributed by atoms with van der Waals surface area (Å²) in [7, 11) is 0. The first-order valence-electron chi connectivity index (χ1n) is 1.68. The van der Waals surface area contributed by atoms with E-state index in [4.69, 9.17) is 0 Å². The van der Waals surface area contributed by atoms with E-state index in [-0.39, 0.29) is 42.1 Å². The normalized spacial score (nSPS) is 6.62. The quantitative estimate of drug-likeness (QED) is 0.547. The number of hydrogen-bond acceptors (Lipinski definition) is 2. The third-order valence-corrected chi connectivity index (χ3v) is 0.504. The van der Waals surface area contributed by atoms with Crippen LogP contribution in [0.1, 0.15) is 5.69 Å². The Labute approximate surface area is 76.6 Å². The van der Waals surface area contributed by atoms with Gasteiger partial charge in [-0.3, -0.25) is 0 Å². The summed E-state index contributed by atoms with van der Waals surface area (Å²) < 4.78 is 4.48. The molecule has 0 saturated carbocycles. The van der Waals surface area contributed by atoms with Gasteiger partial charge in [0, 0.05) is 42.1 Å². The minimum atomic E-state index is 0. The molecular formula is C4H4NOW2-. The Morgan fingerprint density at radius 3 is 2.38 bits per heavy atom. The summed E-state index contributed by atoms with van der Waals surface area (Å²) in [4.78, 5) is 3.62. The molecule has 8 heavy (non-hydrogen) atoms. The van der Waals surface area contributed by atoms with Gasteiger partial charge in [-0.05, 0) is 6.26 Å². The van der Waals surface area contributed by atoms with E-state index < -0.39 is 0 Å². The van der Waals surface area contributed by atoms with E-state index in [1.54, 1.807) is 6.26 Å². The van der Waals surface area contributed by atoms with Gasteiger partial charge in [0.25, 0.3) is 0 Å². The summed E-state index contributed by atoms with van der Waals surface area (Å²) >= 11 is 0. The molecule has 4 heteroatoms. The standard InChI is InChI=1S/C4H4NO.2W/c1-4-2-6-3-5-4;;/h2H,1H3;;/q-1;;. The van der Waals surface area contributed by atoms with Crippen molar-refractivity contribution in [2.75, 3.05) is 0 Å². The molecule has 1 aromatic heterocycles. The monoisotopic (exact) mass is 450 g/mol. The molecule has 1 aromatic rings. The van der Waals surface area contributed by atoms with Gasteiger partial charge in [0.05, 0.1) is 0 Å². The van der Waals surface area contributed by atoms with E-state index in [0.717, 1.165) is 5.69 Å². The molecule has 44 valence electrons. The maximum Gasteiger partial charge on any atom is 0.102 e. The summed E-state index contributed by atoms with van der Waals surface area (Å²) in [6, 6.07) is 0. The van der Waals surface area contributed by atoms with Crippen LogP contribution in [-0.4, -0.2) is 4.98 Å². The number of aromatic nitrogens is 1. The summed E-state index contributed by atoms with van der Waals surface area (Å²) in [5.74, 6) is 0. The zero-order valence-electron chi connectivity index (χ0n) is 4.25. The van der Waals surface area contributed by atoms with Crippen molar-refractivity contribution in [2.45, 2.75) is 6.92 Å². The molecule has 0 aliphatic rings. The third kappa shape index (κ3) is 3.57. The first kappa shape index (κ1) is 11.4. The van der Waals surface area contributed by atoms with E-state index in [9.17, 15) is 0 Å². The SMILES string of the molecule is Cc1co[c-]n1.[W].[W]. The fraction of sp³-hybridized carbons (Fsp3) is 0.250. The predicted octanol–water partition coefficient (Wildman–Crippen LogP) is 0.778. The zero-order chi connectivity index (χ0) is 4.41. The molecule has 0 spiro atoms. The molecule has 0 fully saturated rings. The van der Waals surface area contributed by atoms with Crippen molar-refractivity contribution < 1.29 is 46.5 Å². The van der Waals surface area contributed by atoms with E-state index in [1.807, 2.05) is 6.92 Å². The summed E-state index contributed by atoms with van der Waals surface area (Å²) in [5.41, 5.74) is 0.870. The van der Waals surface area contributed by atoms with Crippen LogP contribution in [0.25, 0.3) is 0 Å². The fourth-order valence-electron chi connectivity index (χ4n) is 0.236. The van der Waals surface area contributed by atoms with E-state index in [0.29, 0.717) is 0 Å². The number of oxazole rings is 1. The number of hydrogen-bond donors (Lipinski definition) is 0. The Morgan fingerprint density at radius 2 is 2.25 bits per heavy atom. The van der Waals surface area contributed by atoms with Crippen LogP contribution in [0.15, 0.2) is 10.7 Å². The van der Waals surface area contributed by atoms with Crippen molar-refractivity contribution in [2.24, 2.45) is 0 Å². The minimum Gasteiger partial charge on any atom is -0.581 e. The Bertz CT molecular complexity index is 118. The van der Waals surface area contributed by atoms with Crippen molar-refractivity contribution in [3.63, 3.8) is 0 Å². The maximum absolute atomic E-state index is 4.48. The van der Waals surface area contributed by atoms with Crippen molar-refractivity contribution in [1.29, 1.82) is 0 Å². The molecule has 0 radical (unpaired) electrons. The Morgan fingerprint density at radius 1 is 1.62 bits per heavy atom.